The maximum atomic E-state index is 11.8. The molecule has 0 fully saturated rings. The van der Waals surface area contributed by atoms with Crippen LogP contribution >= 0.6 is 0 Å². The molecule has 0 aromatic carbocycles. The van der Waals surface area contributed by atoms with Crippen molar-refractivity contribution in [2.24, 2.45) is 0 Å². The molecule has 1 aromatic rings. The molecule has 0 unspecified atom stereocenters. The van der Waals surface area contributed by atoms with Gasteiger partial charge in [0, 0.05) is 19.2 Å². The molecule has 0 saturated heterocycles. The average molecular weight is 324 g/mol. The third-order valence-corrected chi connectivity index (χ3v) is 3.91. The molecule has 23 heavy (non-hydrogen) atoms. The first-order chi connectivity index (χ1) is 11.2. The zero-order chi connectivity index (χ0) is 16.9. The molecule has 0 aliphatic heterocycles. The summed E-state index contributed by atoms with van der Waals surface area (Å²) in [4.78, 5) is 16.2. The predicted octanol–water partition coefficient (Wildman–Crippen LogP) is 3.41. The van der Waals surface area contributed by atoms with E-state index in [0.29, 0.717) is 13.2 Å². The van der Waals surface area contributed by atoms with Crippen LogP contribution in [0.25, 0.3) is 0 Å². The van der Waals surface area contributed by atoms with Gasteiger partial charge in [0.25, 0.3) is 0 Å². The summed E-state index contributed by atoms with van der Waals surface area (Å²) in [6, 6.07) is 0. The molecule has 0 aliphatic rings. The Bertz CT molecular complexity index is 443. The number of imidazole rings is 1. The minimum Gasteiger partial charge on any atom is -0.464 e. The average Bonchev–Trinajstić information content (AvgIpc) is 2.88. The van der Waals surface area contributed by atoms with Crippen LogP contribution in [0.4, 0.5) is 0 Å². The summed E-state index contributed by atoms with van der Waals surface area (Å²) in [7, 11) is 0. The second-order valence-corrected chi connectivity index (χ2v) is 6.05. The van der Waals surface area contributed by atoms with Crippen molar-refractivity contribution < 1.29 is 14.6 Å². The SMILES string of the molecule is CCc1nc(C)cn1CC(=O)OCCCCCCCCCCO. The van der Waals surface area contributed by atoms with E-state index < -0.39 is 0 Å². The molecule has 0 spiro atoms. The maximum Gasteiger partial charge on any atom is 0.325 e. The lowest BCUT2D eigenvalue weighted by Crippen LogP contribution is -2.15. The fourth-order valence-electron chi connectivity index (χ4n) is 2.66. The van der Waals surface area contributed by atoms with E-state index in [2.05, 4.69) is 4.98 Å². The molecule has 0 radical (unpaired) electrons. The lowest BCUT2D eigenvalue weighted by molar-refractivity contribution is -0.144. The summed E-state index contributed by atoms with van der Waals surface area (Å²) < 4.78 is 7.18. The molecule has 5 heteroatoms. The second kappa shape index (κ2) is 12.1. The summed E-state index contributed by atoms with van der Waals surface area (Å²) >= 11 is 0. The van der Waals surface area contributed by atoms with Crippen molar-refractivity contribution in [1.29, 1.82) is 0 Å². The molecule has 0 aliphatic carbocycles. The van der Waals surface area contributed by atoms with Crippen LogP contribution in [0.2, 0.25) is 0 Å². The van der Waals surface area contributed by atoms with Gasteiger partial charge in [0.15, 0.2) is 0 Å². The van der Waals surface area contributed by atoms with Gasteiger partial charge in [-0.2, -0.15) is 0 Å². The molecule has 0 amide bonds. The zero-order valence-electron chi connectivity index (χ0n) is 14.7. The van der Waals surface area contributed by atoms with Gasteiger partial charge in [-0.05, 0) is 19.8 Å². The maximum absolute atomic E-state index is 11.8. The fourth-order valence-corrected chi connectivity index (χ4v) is 2.66. The normalized spacial score (nSPS) is 10.9. The van der Waals surface area contributed by atoms with Gasteiger partial charge in [0.1, 0.15) is 12.4 Å². The van der Waals surface area contributed by atoms with Crippen molar-refractivity contribution in [3.63, 3.8) is 0 Å². The topological polar surface area (TPSA) is 64.4 Å². The molecule has 1 aromatic heterocycles. The van der Waals surface area contributed by atoms with E-state index in [1.165, 1.54) is 25.7 Å². The van der Waals surface area contributed by atoms with Crippen LogP contribution in [0.1, 0.15) is 69.8 Å². The number of aliphatic hydroxyl groups is 1. The van der Waals surface area contributed by atoms with Gasteiger partial charge in [0.05, 0.1) is 12.3 Å². The monoisotopic (exact) mass is 324 g/mol. The Kier molecular flexibility index (Phi) is 10.4. The number of aryl methyl sites for hydroxylation is 2. The van der Waals surface area contributed by atoms with E-state index in [0.717, 1.165) is 43.6 Å². The first kappa shape index (κ1) is 19.7. The molecule has 132 valence electrons. The number of carbonyl (C=O) groups is 1. The number of hydrogen-bond donors (Lipinski definition) is 1. The summed E-state index contributed by atoms with van der Waals surface area (Å²) in [6.45, 7) is 5.05. The summed E-state index contributed by atoms with van der Waals surface area (Å²) in [5, 5.41) is 8.69. The van der Waals surface area contributed by atoms with E-state index in [-0.39, 0.29) is 12.5 Å². The molecular formula is C18H32N2O3. The predicted molar refractivity (Wildman–Crippen MR) is 91.3 cm³/mol. The van der Waals surface area contributed by atoms with Crippen LogP contribution in [0, 0.1) is 6.92 Å². The molecule has 0 saturated carbocycles. The van der Waals surface area contributed by atoms with Crippen LogP contribution in [-0.4, -0.2) is 33.8 Å². The molecule has 5 nitrogen and oxygen atoms in total. The van der Waals surface area contributed by atoms with Crippen LogP contribution in [0.15, 0.2) is 6.20 Å². The lowest BCUT2D eigenvalue weighted by atomic mass is 10.1. The van der Waals surface area contributed by atoms with Crippen LogP contribution in [0.5, 0.6) is 0 Å². The van der Waals surface area contributed by atoms with Gasteiger partial charge < -0.3 is 14.4 Å². The van der Waals surface area contributed by atoms with Crippen molar-refractivity contribution in [3.8, 4) is 0 Å². The quantitative estimate of drug-likeness (QED) is 0.446. The highest BCUT2D eigenvalue weighted by Gasteiger charge is 2.09. The standard InChI is InChI=1S/C18H32N2O3/c1-3-17-19-16(2)14-20(17)15-18(22)23-13-11-9-7-5-4-6-8-10-12-21/h14,21H,3-13,15H2,1-2H3. The van der Waals surface area contributed by atoms with E-state index >= 15 is 0 Å². The molecule has 1 heterocycles. The molecule has 1 N–H and O–H groups in total. The fraction of sp³-hybridized carbons (Fsp3) is 0.778. The largest absolute Gasteiger partial charge is 0.464 e. The van der Waals surface area contributed by atoms with Crippen LogP contribution in [-0.2, 0) is 22.5 Å². The van der Waals surface area contributed by atoms with Gasteiger partial charge in [-0.3, -0.25) is 4.79 Å². The highest BCUT2D eigenvalue weighted by atomic mass is 16.5. The van der Waals surface area contributed by atoms with Crippen LogP contribution in [0.3, 0.4) is 0 Å². The van der Waals surface area contributed by atoms with E-state index in [1.807, 2.05) is 24.6 Å². The van der Waals surface area contributed by atoms with Gasteiger partial charge in [0.2, 0.25) is 0 Å². The number of hydrogen-bond acceptors (Lipinski definition) is 4. The number of carbonyl (C=O) groups excluding carboxylic acids is 1. The summed E-state index contributed by atoms with van der Waals surface area (Å²) in [5.74, 6) is 0.752. The first-order valence-electron chi connectivity index (χ1n) is 8.96. The third-order valence-electron chi connectivity index (χ3n) is 3.91. The van der Waals surface area contributed by atoms with Crippen molar-refractivity contribution in [3.05, 3.63) is 17.7 Å². The highest BCUT2D eigenvalue weighted by molar-refractivity contribution is 5.69. The minimum atomic E-state index is -0.180. The number of aliphatic hydroxyl groups excluding tert-OH is 1. The zero-order valence-corrected chi connectivity index (χ0v) is 14.7. The molecule has 0 atom stereocenters. The number of nitrogens with zero attached hydrogens (tertiary/aromatic N) is 2. The van der Waals surface area contributed by atoms with Gasteiger partial charge in [-0.25, -0.2) is 4.98 Å². The molecular weight excluding hydrogens is 292 g/mol. The Morgan fingerprint density at radius 2 is 1.74 bits per heavy atom. The van der Waals surface area contributed by atoms with Crippen molar-refractivity contribution >= 4 is 5.97 Å². The van der Waals surface area contributed by atoms with E-state index in [1.54, 1.807) is 0 Å². The lowest BCUT2D eigenvalue weighted by Gasteiger charge is -2.07. The Balaban J connectivity index is 2.02. The highest BCUT2D eigenvalue weighted by Crippen LogP contribution is 2.09. The smallest absolute Gasteiger partial charge is 0.325 e. The van der Waals surface area contributed by atoms with Crippen molar-refractivity contribution in [1.82, 2.24) is 9.55 Å². The van der Waals surface area contributed by atoms with Crippen molar-refractivity contribution in [2.75, 3.05) is 13.2 Å². The number of unbranched alkanes of at least 4 members (excludes halogenated alkanes) is 7. The number of ether oxygens (including phenoxy) is 1. The Morgan fingerprint density at radius 3 is 2.35 bits per heavy atom. The van der Waals surface area contributed by atoms with Crippen LogP contribution < -0.4 is 0 Å². The summed E-state index contributed by atoms with van der Waals surface area (Å²) in [6.07, 6.45) is 11.7. The Hall–Kier alpha value is -1.36. The number of esters is 1. The van der Waals surface area contributed by atoms with Gasteiger partial charge in [-0.15, -0.1) is 0 Å². The second-order valence-electron chi connectivity index (χ2n) is 6.05. The van der Waals surface area contributed by atoms with E-state index in [9.17, 15) is 4.79 Å². The summed E-state index contributed by atoms with van der Waals surface area (Å²) in [5.41, 5.74) is 0.939. The van der Waals surface area contributed by atoms with E-state index in [4.69, 9.17) is 9.84 Å². The molecule has 1 rings (SSSR count). The third kappa shape index (κ3) is 8.74. The minimum absolute atomic E-state index is 0.180. The first-order valence-corrected chi connectivity index (χ1v) is 8.96. The Morgan fingerprint density at radius 1 is 1.13 bits per heavy atom. The van der Waals surface area contributed by atoms with Gasteiger partial charge in [-0.1, -0.05) is 45.4 Å². The van der Waals surface area contributed by atoms with Crippen molar-refractivity contribution in [2.45, 2.75) is 78.2 Å². The Labute approximate surface area is 140 Å². The number of rotatable bonds is 13. The molecule has 0 bridgehead atoms. The van der Waals surface area contributed by atoms with Gasteiger partial charge >= 0.3 is 5.97 Å². The number of aromatic nitrogens is 2.